The van der Waals surface area contributed by atoms with Crippen LogP contribution in [0.2, 0.25) is 0 Å². The standard InChI is InChI=1S/C26H20BrFN2O5/c1-3-34-23-14-16(12-18(15-29)25(31)30-22-7-5-4-6-21(22)28)13-20(27)24(23)35-26(32)17-8-10-19(33-2)11-9-17/h4-14H,3H2,1-2H3,(H,30,31). The van der Waals surface area contributed by atoms with E-state index in [1.807, 2.05) is 6.07 Å². The molecule has 3 aromatic carbocycles. The lowest BCUT2D eigenvalue weighted by Crippen LogP contribution is -2.14. The largest absolute Gasteiger partial charge is 0.497 e. The summed E-state index contributed by atoms with van der Waals surface area (Å²) in [5.41, 5.74) is 0.423. The van der Waals surface area contributed by atoms with E-state index in [2.05, 4.69) is 21.2 Å². The highest BCUT2D eigenvalue weighted by Gasteiger charge is 2.18. The van der Waals surface area contributed by atoms with E-state index < -0.39 is 17.7 Å². The molecule has 0 spiro atoms. The van der Waals surface area contributed by atoms with Gasteiger partial charge in [-0.1, -0.05) is 12.1 Å². The Balaban J connectivity index is 1.88. The van der Waals surface area contributed by atoms with Crippen molar-refractivity contribution in [2.75, 3.05) is 19.0 Å². The number of nitriles is 1. The third kappa shape index (κ3) is 6.46. The van der Waals surface area contributed by atoms with Crippen molar-refractivity contribution in [3.8, 4) is 23.3 Å². The zero-order valence-corrected chi connectivity index (χ0v) is 20.4. The quantitative estimate of drug-likeness (QED) is 0.169. The number of rotatable bonds is 8. The third-order valence-corrected chi connectivity index (χ3v) is 5.24. The van der Waals surface area contributed by atoms with Crippen LogP contribution in [0.4, 0.5) is 10.1 Å². The number of anilines is 1. The zero-order valence-electron chi connectivity index (χ0n) is 18.8. The minimum absolute atomic E-state index is 0.0457. The van der Waals surface area contributed by atoms with Gasteiger partial charge in [0.25, 0.3) is 5.91 Å². The SMILES string of the molecule is CCOc1cc(C=C(C#N)C(=O)Nc2ccccc2F)cc(Br)c1OC(=O)c1ccc(OC)cc1. The van der Waals surface area contributed by atoms with Gasteiger partial charge in [-0.15, -0.1) is 0 Å². The number of carbonyl (C=O) groups excluding carboxylic acids is 2. The maximum atomic E-state index is 13.9. The molecule has 178 valence electrons. The molecule has 7 nitrogen and oxygen atoms in total. The smallest absolute Gasteiger partial charge is 0.343 e. The summed E-state index contributed by atoms with van der Waals surface area (Å²) in [6.07, 6.45) is 1.32. The number of benzene rings is 3. The van der Waals surface area contributed by atoms with Crippen LogP contribution in [0.3, 0.4) is 0 Å². The van der Waals surface area contributed by atoms with Crippen LogP contribution in [0.5, 0.6) is 17.2 Å². The molecule has 0 fully saturated rings. The Bertz CT molecular complexity index is 1320. The fourth-order valence-electron chi connectivity index (χ4n) is 2.98. The molecule has 0 radical (unpaired) electrons. The molecule has 0 bridgehead atoms. The first kappa shape index (κ1) is 25.5. The first-order valence-corrected chi connectivity index (χ1v) is 11.2. The Labute approximate surface area is 209 Å². The van der Waals surface area contributed by atoms with E-state index in [0.29, 0.717) is 21.3 Å². The predicted octanol–water partition coefficient (Wildman–Crippen LogP) is 5.76. The number of nitrogens with one attached hydrogen (secondary N) is 1. The second-order valence-corrected chi connectivity index (χ2v) is 7.84. The van der Waals surface area contributed by atoms with Gasteiger partial charge in [0.1, 0.15) is 23.2 Å². The maximum Gasteiger partial charge on any atom is 0.343 e. The maximum absolute atomic E-state index is 13.9. The lowest BCUT2D eigenvalue weighted by Gasteiger charge is -2.14. The molecule has 1 amide bonds. The van der Waals surface area contributed by atoms with Crippen LogP contribution in [0.15, 0.2) is 70.7 Å². The molecule has 9 heteroatoms. The van der Waals surface area contributed by atoms with Crippen molar-refractivity contribution >= 4 is 39.6 Å². The molecule has 0 saturated heterocycles. The van der Waals surface area contributed by atoms with E-state index in [0.717, 1.165) is 0 Å². The Hall–Kier alpha value is -4.16. The van der Waals surface area contributed by atoms with Crippen LogP contribution in [0.25, 0.3) is 6.08 Å². The van der Waals surface area contributed by atoms with E-state index in [4.69, 9.17) is 14.2 Å². The van der Waals surface area contributed by atoms with Gasteiger partial charge in [0, 0.05) is 0 Å². The Morgan fingerprint density at radius 1 is 1.14 bits per heavy atom. The van der Waals surface area contributed by atoms with E-state index >= 15 is 0 Å². The highest BCUT2D eigenvalue weighted by atomic mass is 79.9. The Kier molecular flexibility index (Phi) is 8.59. The monoisotopic (exact) mass is 538 g/mol. The van der Waals surface area contributed by atoms with Crippen LogP contribution in [0, 0.1) is 17.1 Å². The van der Waals surface area contributed by atoms with Crippen LogP contribution in [0.1, 0.15) is 22.8 Å². The fraction of sp³-hybridized carbons (Fsp3) is 0.115. The van der Waals surface area contributed by atoms with Crippen molar-refractivity contribution < 1.29 is 28.2 Å². The van der Waals surface area contributed by atoms with Crippen LogP contribution in [-0.2, 0) is 4.79 Å². The molecule has 0 saturated carbocycles. The molecule has 0 aliphatic rings. The lowest BCUT2D eigenvalue weighted by atomic mass is 10.1. The van der Waals surface area contributed by atoms with Gasteiger partial charge in [-0.3, -0.25) is 4.79 Å². The number of halogens is 2. The number of ether oxygens (including phenoxy) is 3. The average Bonchev–Trinajstić information content (AvgIpc) is 2.86. The number of para-hydroxylation sites is 1. The Morgan fingerprint density at radius 3 is 2.49 bits per heavy atom. The van der Waals surface area contributed by atoms with Crippen LogP contribution >= 0.6 is 15.9 Å². The summed E-state index contributed by atoms with van der Waals surface area (Å²) >= 11 is 3.36. The molecule has 1 N–H and O–H groups in total. The summed E-state index contributed by atoms with van der Waals surface area (Å²) in [4.78, 5) is 25.2. The molecule has 3 aromatic rings. The van der Waals surface area contributed by atoms with Gasteiger partial charge in [-0.25, -0.2) is 9.18 Å². The number of methoxy groups -OCH3 is 1. The van der Waals surface area contributed by atoms with Crippen LogP contribution in [-0.4, -0.2) is 25.6 Å². The Morgan fingerprint density at radius 2 is 1.86 bits per heavy atom. The highest BCUT2D eigenvalue weighted by molar-refractivity contribution is 9.10. The van der Waals surface area contributed by atoms with Gasteiger partial charge < -0.3 is 19.5 Å². The summed E-state index contributed by atoms with van der Waals surface area (Å²) in [6.45, 7) is 2.03. The van der Waals surface area contributed by atoms with E-state index in [1.54, 1.807) is 43.3 Å². The number of carbonyl (C=O) groups is 2. The summed E-state index contributed by atoms with van der Waals surface area (Å²) in [5, 5.41) is 11.9. The number of hydrogen-bond donors (Lipinski definition) is 1. The van der Waals surface area contributed by atoms with Crippen LogP contribution < -0.4 is 19.5 Å². The molecule has 0 aliphatic heterocycles. The molecule has 0 aromatic heterocycles. The van der Waals surface area contributed by atoms with Crippen molar-refractivity contribution in [3.05, 3.63) is 87.7 Å². The average molecular weight is 539 g/mol. The first-order chi connectivity index (χ1) is 16.9. The molecule has 0 unspecified atom stereocenters. The van der Waals surface area contributed by atoms with Crippen molar-refractivity contribution in [3.63, 3.8) is 0 Å². The summed E-state index contributed by atoms with van der Waals surface area (Å²) < 4.78 is 30.5. The van der Waals surface area contributed by atoms with E-state index in [-0.39, 0.29) is 29.4 Å². The van der Waals surface area contributed by atoms with Crippen molar-refractivity contribution in [2.24, 2.45) is 0 Å². The summed E-state index contributed by atoms with van der Waals surface area (Å²) in [7, 11) is 1.52. The van der Waals surface area contributed by atoms with Gasteiger partial charge >= 0.3 is 5.97 Å². The van der Waals surface area contributed by atoms with Crippen molar-refractivity contribution in [1.29, 1.82) is 5.26 Å². The number of nitrogens with zero attached hydrogens (tertiary/aromatic N) is 1. The number of hydrogen-bond acceptors (Lipinski definition) is 6. The number of amides is 1. The minimum atomic E-state index is -0.776. The van der Waals surface area contributed by atoms with Gasteiger partial charge in [0.05, 0.1) is 29.4 Å². The van der Waals surface area contributed by atoms with E-state index in [1.165, 1.54) is 37.5 Å². The number of esters is 1. The molecule has 0 aliphatic carbocycles. The van der Waals surface area contributed by atoms with Gasteiger partial charge in [0.15, 0.2) is 11.5 Å². The first-order valence-electron chi connectivity index (χ1n) is 10.4. The molecular formula is C26H20BrFN2O5. The molecule has 3 rings (SSSR count). The third-order valence-electron chi connectivity index (χ3n) is 4.65. The highest BCUT2D eigenvalue weighted by Crippen LogP contribution is 2.38. The summed E-state index contributed by atoms with van der Waals surface area (Å²) in [6, 6.07) is 16.9. The molecule has 0 heterocycles. The second-order valence-electron chi connectivity index (χ2n) is 6.98. The molecule has 0 atom stereocenters. The second kappa shape index (κ2) is 11.8. The van der Waals surface area contributed by atoms with Crippen molar-refractivity contribution in [2.45, 2.75) is 6.92 Å². The fourth-order valence-corrected chi connectivity index (χ4v) is 3.52. The summed E-state index contributed by atoms with van der Waals surface area (Å²) in [5.74, 6) is -1.05. The predicted molar refractivity (Wildman–Crippen MR) is 132 cm³/mol. The van der Waals surface area contributed by atoms with Crippen molar-refractivity contribution in [1.82, 2.24) is 0 Å². The van der Waals surface area contributed by atoms with Gasteiger partial charge in [-0.2, -0.15) is 5.26 Å². The normalized spacial score (nSPS) is 10.8. The molecular weight excluding hydrogens is 519 g/mol. The van der Waals surface area contributed by atoms with Gasteiger partial charge in [0.2, 0.25) is 0 Å². The molecule has 35 heavy (non-hydrogen) atoms. The zero-order chi connectivity index (χ0) is 25.4. The van der Waals surface area contributed by atoms with Gasteiger partial charge in [-0.05, 0) is 83.0 Å². The minimum Gasteiger partial charge on any atom is -0.497 e. The lowest BCUT2D eigenvalue weighted by molar-refractivity contribution is -0.112. The van der Waals surface area contributed by atoms with E-state index in [9.17, 15) is 19.2 Å². The topological polar surface area (TPSA) is 97.6 Å².